The van der Waals surface area contributed by atoms with Crippen LogP contribution in [0.4, 0.5) is 5.13 Å². The molecule has 0 radical (unpaired) electrons. The Hall–Kier alpha value is -1.97. The fraction of sp³-hybridized carbons (Fsp3) is 0.429. The molecular weight excluding hydrogens is 493 g/mol. The molecule has 1 saturated heterocycles. The van der Waals surface area contributed by atoms with Crippen molar-refractivity contribution in [2.75, 3.05) is 17.4 Å². The number of aliphatic carboxylic acids is 1. The molecule has 3 heterocycles. The largest absolute Gasteiger partial charge is 0.477 e. The highest BCUT2D eigenvalue weighted by molar-refractivity contribution is 8.01. The van der Waals surface area contributed by atoms with Crippen molar-refractivity contribution in [1.29, 1.82) is 0 Å². The summed E-state index contributed by atoms with van der Waals surface area (Å²) >= 11 is 6.02. The fourth-order valence-corrected chi connectivity index (χ4v) is 5.81. The normalized spacial score (nSPS) is 21.5. The summed E-state index contributed by atoms with van der Waals surface area (Å²) in [6.07, 6.45) is -0.297. The molecule has 0 aliphatic carbocycles. The van der Waals surface area contributed by atoms with E-state index in [4.69, 9.17) is 14.6 Å². The van der Waals surface area contributed by atoms with Crippen LogP contribution in [-0.4, -0.2) is 70.3 Å². The first kappa shape index (κ1) is 23.7. The molecule has 1 amide bonds. The molecule has 3 rings (SSSR count). The summed E-state index contributed by atoms with van der Waals surface area (Å²) in [4.78, 5) is 65.0. The summed E-state index contributed by atoms with van der Waals surface area (Å²) in [6.45, 7) is 1.75. The van der Waals surface area contributed by atoms with Gasteiger partial charge >= 0.3 is 13.7 Å². The number of carboxylic acid groups (broad SMARTS) is 1. The van der Waals surface area contributed by atoms with Crippen LogP contribution < -0.4 is 5.09 Å². The summed E-state index contributed by atoms with van der Waals surface area (Å²) in [6, 6.07) is 0. The number of carbonyl (C=O) groups is 3. The molecule has 31 heavy (non-hydrogen) atoms. The van der Waals surface area contributed by atoms with Gasteiger partial charge in [-0.1, -0.05) is 5.16 Å². The Kier molecular flexibility index (Phi) is 7.08. The first-order chi connectivity index (χ1) is 14.5. The zero-order valence-corrected chi connectivity index (χ0v) is 19.1. The number of amides is 1. The molecule has 17 heteroatoms. The third kappa shape index (κ3) is 5.10. The van der Waals surface area contributed by atoms with Gasteiger partial charge in [-0.15, -0.1) is 24.4 Å². The summed E-state index contributed by atoms with van der Waals surface area (Å²) < 4.78 is 14.9. The van der Waals surface area contributed by atoms with Gasteiger partial charge in [0.25, 0.3) is 0 Å². The number of oxime groups is 1. The molecule has 1 aromatic heterocycles. The Morgan fingerprint density at radius 1 is 1.45 bits per heavy atom. The number of thiol groups is 1. The Morgan fingerprint density at radius 3 is 2.77 bits per heavy atom. The van der Waals surface area contributed by atoms with E-state index in [1.54, 1.807) is 6.92 Å². The number of carbonyl (C=O) groups excluding carboxylic acids is 2. The second-order valence-electron chi connectivity index (χ2n) is 6.18. The third-order valence-electron chi connectivity index (χ3n) is 4.09. The van der Waals surface area contributed by atoms with Gasteiger partial charge in [-0.25, -0.2) is 9.36 Å². The van der Waals surface area contributed by atoms with E-state index in [9.17, 15) is 24.1 Å². The number of anilines is 1. The van der Waals surface area contributed by atoms with E-state index >= 15 is 0 Å². The molecule has 0 spiro atoms. The number of carboxylic acids is 1. The number of Topliss-reactive ketones (excluding diaryl/α,β-unsaturated/α-hetero) is 1. The number of nitrogens with zero attached hydrogens (tertiary/aromatic N) is 4. The maximum Gasteiger partial charge on any atom is 0.429 e. The van der Waals surface area contributed by atoms with Crippen molar-refractivity contribution in [3.63, 3.8) is 0 Å². The van der Waals surface area contributed by atoms with Gasteiger partial charge in [0.05, 0.1) is 11.3 Å². The number of hydrogen-bond acceptors (Lipinski definition) is 11. The van der Waals surface area contributed by atoms with Crippen molar-refractivity contribution in [2.45, 2.75) is 18.7 Å². The zero-order chi connectivity index (χ0) is 22.9. The topological polar surface area (TPSA) is 192 Å². The second-order valence-corrected chi connectivity index (χ2v) is 9.89. The number of rotatable bonds is 9. The number of aromatic nitrogens is 2. The van der Waals surface area contributed by atoms with Gasteiger partial charge in [0, 0.05) is 28.6 Å². The second kappa shape index (κ2) is 9.26. The predicted molar refractivity (Wildman–Crippen MR) is 114 cm³/mol. The molecular formula is C14H16N5O8PS3. The quantitative estimate of drug-likeness (QED) is 0.102. The molecule has 1 fully saturated rings. The molecule has 2 aliphatic rings. The molecule has 13 nitrogen and oxygen atoms in total. The molecule has 168 valence electrons. The molecule has 0 unspecified atom stereocenters. The van der Waals surface area contributed by atoms with Gasteiger partial charge < -0.3 is 19.7 Å². The maximum absolute atomic E-state index is 12.9. The zero-order valence-electron chi connectivity index (χ0n) is 15.7. The van der Waals surface area contributed by atoms with E-state index in [1.807, 2.05) is 5.09 Å². The number of ketones is 1. The Bertz CT molecular complexity index is 1040. The Labute approximate surface area is 188 Å². The fourth-order valence-electron chi connectivity index (χ4n) is 2.87. The Morgan fingerprint density at radius 2 is 2.16 bits per heavy atom. The number of fused-ring (bicyclic) bond motifs is 1. The van der Waals surface area contributed by atoms with Gasteiger partial charge in [-0.2, -0.15) is 9.36 Å². The SMILES string of the molecule is CCO/N=C(\C(=O)C[C@@H]1C(=O)N2C(C(=O)O)=C(S)CS[C@H]12)c1nsc(NP(=O)(O)O)n1. The highest BCUT2D eigenvalue weighted by Gasteiger charge is 2.54. The van der Waals surface area contributed by atoms with Crippen molar-refractivity contribution in [3.05, 3.63) is 16.4 Å². The smallest absolute Gasteiger partial charge is 0.429 e. The van der Waals surface area contributed by atoms with E-state index in [2.05, 4.69) is 27.1 Å². The van der Waals surface area contributed by atoms with Gasteiger partial charge in [0.2, 0.25) is 16.9 Å². The van der Waals surface area contributed by atoms with E-state index in [-0.39, 0.29) is 46.1 Å². The highest BCUT2D eigenvalue weighted by Crippen LogP contribution is 2.46. The van der Waals surface area contributed by atoms with Crippen LogP contribution in [0.2, 0.25) is 0 Å². The molecule has 2 aliphatic heterocycles. The monoisotopic (exact) mass is 509 g/mol. The Balaban J connectivity index is 1.78. The minimum absolute atomic E-state index is 0.126. The number of thioether (sulfide) groups is 1. The molecule has 0 aromatic carbocycles. The van der Waals surface area contributed by atoms with Crippen LogP contribution in [0.15, 0.2) is 15.8 Å². The lowest BCUT2D eigenvalue weighted by molar-refractivity contribution is -0.153. The van der Waals surface area contributed by atoms with Crippen LogP contribution in [-0.2, 0) is 23.8 Å². The van der Waals surface area contributed by atoms with Crippen molar-refractivity contribution < 1.29 is 38.7 Å². The van der Waals surface area contributed by atoms with Gasteiger partial charge in [0.15, 0.2) is 11.5 Å². The molecule has 4 N–H and O–H groups in total. The predicted octanol–water partition coefficient (Wildman–Crippen LogP) is 0.500. The average molecular weight is 509 g/mol. The number of β-lactam (4-membered cyclic amide) rings is 1. The summed E-state index contributed by atoms with van der Waals surface area (Å²) in [7, 11) is -4.62. The first-order valence-corrected chi connectivity index (χ1v) is 12.4. The lowest BCUT2D eigenvalue weighted by Gasteiger charge is -2.49. The van der Waals surface area contributed by atoms with Crippen molar-refractivity contribution >= 4 is 72.2 Å². The van der Waals surface area contributed by atoms with Gasteiger partial charge in [-0.3, -0.25) is 19.6 Å². The van der Waals surface area contributed by atoms with E-state index in [0.29, 0.717) is 11.5 Å². The van der Waals surface area contributed by atoms with Gasteiger partial charge in [0.1, 0.15) is 12.3 Å². The maximum atomic E-state index is 12.9. The standard InChI is InChI=1S/C14H16N5O8PS3/c1-2-27-16-8(10-15-14(31-18-10)17-28(24,25)26)6(20)3-5-11(21)19-9(13(22)23)7(29)4-30-12(5)19/h5,12,29H,2-4H2,1H3,(H,22,23)(H3,15,17,18,24,25,26)/b16-8+/t5-,12-/m1/s1. The van der Waals surface area contributed by atoms with Gasteiger partial charge in [-0.05, 0) is 6.92 Å². The lowest BCUT2D eigenvalue weighted by atomic mass is 9.90. The van der Waals surface area contributed by atoms with E-state index in [0.717, 1.165) is 4.90 Å². The summed E-state index contributed by atoms with van der Waals surface area (Å²) in [5, 5.41) is 14.1. The minimum atomic E-state index is -4.62. The van der Waals surface area contributed by atoms with Crippen LogP contribution in [0.3, 0.4) is 0 Å². The van der Waals surface area contributed by atoms with Crippen LogP contribution in [0.1, 0.15) is 19.2 Å². The first-order valence-electron chi connectivity index (χ1n) is 8.54. The third-order valence-corrected chi connectivity index (χ3v) is 7.30. The lowest BCUT2D eigenvalue weighted by Crippen LogP contribution is -2.61. The summed E-state index contributed by atoms with van der Waals surface area (Å²) in [5.41, 5.74) is -0.508. The minimum Gasteiger partial charge on any atom is -0.477 e. The van der Waals surface area contributed by atoms with Crippen LogP contribution >= 0.6 is 43.7 Å². The molecule has 0 bridgehead atoms. The van der Waals surface area contributed by atoms with E-state index in [1.165, 1.54) is 11.8 Å². The molecule has 2 atom stereocenters. The van der Waals surface area contributed by atoms with Crippen molar-refractivity contribution in [2.24, 2.45) is 11.1 Å². The summed E-state index contributed by atoms with van der Waals surface area (Å²) in [5.74, 6) is -3.15. The number of nitrogens with one attached hydrogen (secondary N) is 1. The highest BCUT2D eigenvalue weighted by atomic mass is 32.2. The number of hydrogen-bond donors (Lipinski definition) is 5. The average Bonchev–Trinajstić information content (AvgIpc) is 3.12. The molecule has 1 aromatic rings. The van der Waals surface area contributed by atoms with Crippen LogP contribution in [0.25, 0.3) is 0 Å². The van der Waals surface area contributed by atoms with Crippen LogP contribution in [0.5, 0.6) is 0 Å². The van der Waals surface area contributed by atoms with Crippen molar-refractivity contribution in [3.8, 4) is 0 Å². The molecule has 0 saturated carbocycles. The van der Waals surface area contributed by atoms with Crippen LogP contribution in [0, 0.1) is 5.92 Å². The van der Waals surface area contributed by atoms with Crippen molar-refractivity contribution in [1.82, 2.24) is 14.3 Å². The van der Waals surface area contributed by atoms with E-state index < -0.39 is 36.7 Å².